The van der Waals surface area contributed by atoms with E-state index in [0.29, 0.717) is 11.1 Å². The first-order valence-electron chi connectivity index (χ1n) is 7.98. The maximum atomic E-state index is 12.3. The molecule has 1 fully saturated rings. The van der Waals surface area contributed by atoms with Crippen LogP contribution in [0.5, 0.6) is 0 Å². The zero-order valence-electron chi connectivity index (χ0n) is 15.6. The van der Waals surface area contributed by atoms with Crippen molar-refractivity contribution in [3.05, 3.63) is 24.3 Å². The van der Waals surface area contributed by atoms with Gasteiger partial charge < -0.3 is 9.80 Å². The van der Waals surface area contributed by atoms with Crippen molar-refractivity contribution in [1.29, 1.82) is 0 Å². The van der Waals surface area contributed by atoms with Gasteiger partial charge in [0, 0.05) is 51.4 Å². The number of nitrogens with zero attached hydrogens (tertiary/aromatic N) is 4. The molecule has 0 N–H and O–H groups in total. The average molecular weight is 364 g/mol. The summed E-state index contributed by atoms with van der Waals surface area (Å²) in [4.78, 5) is 64.1. The van der Waals surface area contributed by atoms with Crippen LogP contribution in [0.1, 0.15) is 13.8 Å². The first-order chi connectivity index (χ1) is 12.0. The summed E-state index contributed by atoms with van der Waals surface area (Å²) in [6.07, 6.45) is 0. The number of hydrogen-bond donors (Lipinski definition) is 0. The van der Waals surface area contributed by atoms with Crippen molar-refractivity contribution in [2.24, 2.45) is 0 Å². The Morgan fingerprint density at radius 3 is 1.38 bits per heavy atom. The van der Waals surface area contributed by atoms with E-state index >= 15 is 0 Å². The molecule has 0 spiro atoms. The molecular formula is C17H24N4O5. The molecule has 9 nitrogen and oxygen atoms in total. The van der Waals surface area contributed by atoms with Crippen molar-refractivity contribution < 1.29 is 24.0 Å². The van der Waals surface area contributed by atoms with Crippen LogP contribution in [0, 0.1) is 0 Å². The zero-order chi connectivity index (χ0) is 20.2. The van der Waals surface area contributed by atoms with Gasteiger partial charge in [-0.15, -0.1) is 0 Å². The number of hydrogen-bond acceptors (Lipinski definition) is 5. The van der Waals surface area contributed by atoms with Gasteiger partial charge in [-0.05, 0) is 13.8 Å². The number of imide groups is 2. The van der Waals surface area contributed by atoms with Gasteiger partial charge in [-0.2, -0.15) is 0 Å². The highest BCUT2D eigenvalue weighted by atomic mass is 16.2. The standard InChI is InChI=1S/C17H24N4O5/c1-11(2)13(22)18(5)7-9-20-15(24)16(25)21(17(20)26)10-8-19(6)14(23)12(3)4/h1,3,7-10H2,2,4-6H3. The van der Waals surface area contributed by atoms with Gasteiger partial charge in [0.1, 0.15) is 0 Å². The highest BCUT2D eigenvalue weighted by Crippen LogP contribution is 2.12. The van der Waals surface area contributed by atoms with E-state index in [4.69, 9.17) is 0 Å². The van der Waals surface area contributed by atoms with Crippen LogP contribution in [-0.4, -0.2) is 89.5 Å². The van der Waals surface area contributed by atoms with Crippen LogP contribution < -0.4 is 0 Å². The Bertz CT molecular complexity index is 629. The predicted molar refractivity (Wildman–Crippen MR) is 93.7 cm³/mol. The van der Waals surface area contributed by atoms with Gasteiger partial charge in [0.25, 0.3) is 0 Å². The lowest BCUT2D eigenvalue weighted by Gasteiger charge is -2.22. The summed E-state index contributed by atoms with van der Waals surface area (Å²) in [5, 5.41) is 0. The fourth-order valence-corrected chi connectivity index (χ4v) is 2.30. The van der Waals surface area contributed by atoms with Crippen LogP contribution >= 0.6 is 0 Å². The molecule has 1 saturated heterocycles. The van der Waals surface area contributed by atoms with Crippen LogP contribution in [0.2, 0.25) is 0 Å². The van der Waals surface area contributed by atoms with E-state index in [0.717, 1.165) is 9.80 Å². The number of carbonyl (C=O) groups is 5. The lowest BCUT2D eigenvalue weighted by atomic mass is 10.3. The van der Waals surface area contributed by atoms with E-state index < -0.39 is 17.8 Å². The third-order valence-corrected chi connectivity index (χ3v) is 3.88. The quantitative estimate of drug-likeness (QED) is 0.339. The molecule has 0 bridgehead atoms. The van der Waals surface area contributed by atoms with Crippen LogP contribution in [0.15, 0.2) is 24.3 Å². The molecule has 0 unspecified atom stereocenters. The van der Waals surface area contributed by atoms with Crippen LogP contribution in [0.3, 0.4) is 0 Å². The molecule has 1 aliphatic rings. The van der Waals surface area contributed by atoms with E-state index in [1.165, 1.54) is 23.9 Å². The van der Waals surface area contributed by atoms with Gasteiger partial charge in [-0.1, -0.05) is 13.2 Å². The SMILES string of the molecule is C=C(C)C(=O)N(C)CCN1C(=O)C(=O)N(CCN(C)C(=O)C(=C)C)C1=O. The highest BCUT2D eigenvalue weighted by Gasteiger charge is 2.44. The number of carbonyl (C=O) groups excluding carboxylic acids is 5. The maximum absolute atomic E-state index is 12.3. The minimum atomic E-state index is -0.944. The molecule has 6 amide bonds. The summed E-state index contributed by atoms with van der Waals surface area (Å²) in [5.74, 6) is -2.51. The molecule has 9 heteroatoms. The van der Waals surface area contributed by atoms with Gasteiger partial charge in [-0.25, -0.2) is 4.79 Å². The Kier molecular flexibility index (Phi) is 6.82. The summed E-state index contributed by atoms with van der Waals surface area (Å²) >= 11 is 0. The molecule has 0 aliphatic carbocycles. The number of urea groups is 1. The van der Waals surface area contributed by atoms with Crippen molar-refractivity contribution in [3.8, 4) is 0 Å². The molecule has 0 aromatic rings. The van der Waals surface area contributed by atoms with Gasteiger partial charge in [0.15, 0.2) is 0 Å². The Morgan fingerprint density at radius 2 is 1.12 bits per heavy atom. The zero-order valence-corrected chi connectivity index (χ0v) is 15.6. The molecule has 1 heterocycles. The van der Waals surface area contributed by atoms with E-state index in [1.807, 2.05) is 0 Å². The van der Waals surface area contributed by atoms with E-state index in [-0.39, 0.29) is 38.0 Å². The minimum Gasteiger partial charge on any atom is -0.340 e. The van der Waals surface area contributed by atoms with Crippen LogP contribution in [0.4, 0.5) is 4.79 Å². The second-order valence-electron chi connectivity index (χ2n) is 6.21. The largest absolute Gasteiger partial charge is 0.340 e. The molecule has 0 aromatic heterocycles. The predicted octanol–water partition coefficient (Wildman–Crippen LogP) is -0.154. The van der Waals surface area contributed by atoms with Crippen LogP contribution in [0.25, 0.3) is 0 Å². The molecule has 1 rings (SSSR count). The third kappa shape index (κ3) is 4.56. The smallest absolute Gasteiger partial charge is 0.334 e. The Morgan fingerprint density at radius 1 is 0.808 bits per heavy atom. The second kappa shape index (κ2) is 8.41. The number of likely N-dealkylation sites (N-methyl/N-ethyl adjacent to an activating group) is 2. The van der Waals surface area contributed by atoms with Gasteiger partial charge in [-0.3, -0.25) is 29.0 Å². The molecule has 0 saturated carbocycles. The topological polar surface area (TPSA) is 98.3 Å². The van der Waals surface area contributed by atoms with Gasteiger partial charge in [0.2, 0.25) is 11.8 Å². The highest BCUT2D eigenvalue weighted by molar-refractivity contribution is 6.44. The van der Waals surface area contributed by atoms with Crippen molar-refractivity contribution in [2.45, 2.75) is 13.8 Å². The second-order valence-corrected chi connectivity index (χ2v) is 6.21. The van der Waals surface area contributed by atoms with E-state index in [1.54, 1.807) is 13.8 Å². The minimum absolute atomic E-state index is 0.0817. The molecule has 1 aliphatic heterocycles. The molecule has 0 atom stereocenters. The fourth-order valence-electron chi connectivity index (χ4n) is 2.30. The summed E-state index contributed by atoms with van der Waals surface area (Å²) in [7, 11) is 3.03. The van der Waals surface area contributed by atoms with Crippen molar-refractivity contribution in [2.75, 3.05) is 40.3 Å². The Hall–Kier alpha value is -2.97. The average Bonchev–Trinajstić information content (AvgIpc) is 2.78. The summed E-state index contributed by atoms with van der Waals surface area (Å²) in [5.41, 5.74) is 0.656. The van der Waals surface area contributed by atoms with E-state index in [9.17, 15) is 24.0 Å². The lowest BCUT2D eigenvalue weighted by molar-refractivity contribution is -0.143. The molecule has 26 heavy (non-hydrogen) atoms. The third-order valence-electron chi connectivity index (χ3n) is 3.88. The lowest BCUT2D eigenvalue weighted by Crippen LogP contribution is -2.42. The first-order valence-corrected chi connectivity index (χ1v) is 7.98. The van der Waals surface area contributed by atoms with Gasteiger partial charge >= 0.3 is 17.8 Å². The summed E-state index contributed by atoms with van der Waals surface area (Å²) in [6, 6.07) is -0.757. The Labute approximate surface area is 152 Å². The monoisotopic (exact) mass is 364 g/mol. The molecule has 0 aromatic carbocycles. The molecular weight excluding hydrogens is 340 g/mol. The van der Waals surface area contributed by atoms with Crippen molar-refractivity contribution in [1.82, 2.24) is 19.6 Å². The van der Waals surface area contributed by atoms with Crippen molar-refractivity contribution >= 4 is 29.7 Å². The van der Waals surface area contributed by atoms with Crippen molar-refractivity contribution in [3.63, 3.8) is 0 Å². The normalized spacial score (nSPS) is 13.9. The van der Waals surface area contributed by atoms with Gasteiger partial charge in [0.05, 0.1) is 0 Å². The summed E-state index contributed by atoms with van der Waals surface area (Å²) < 4.78 is 0. The first kappa shape index (κ1) is 21.1. The Balaban J connectivity index is 2.69. The molecule has 0 radical (unpaired) electrons. The number of rotatable bonds is 8. The van der Waals surface area contributed by atoms with E-state index in [2.05, 4.69) is 13.2 Å². The fraction of sp³-hybridized carbons (Fsp3) is 0.471. The summed E-state index contributed by atoms with van der Waals surface area (Å²) in [6.45, 7) is 10.1. The molecule has 142 valence electrons. The number of amides is 6. The van der Waals surface area contributed by atoms with Crippen LogP contribution in [-0.2, 0) is 19.2 Å². The maximum Gasteiger partial charge on any atom is 0.334 e.